The van der Waals surface area contributed by atoms with E-state index in [1.54, 1.807) is 67.6 Å². The van der Waals surface area contributed by atoms with Gasteiger partial charge in [-0.1, -0.05) is 41.4 Å². The fourth-order valence-corrected chi connectivity index (χ4v) is 3.20. The van der Waals surface area contributed by atoms with Gasteiger partial charge in [-0.15, -0.1) is 0 Å². The van der Waals surface area contributed by atoms with Gasteiger partial charge in [-0.05, 0) is 67.9 Å². The van der Waals surface area contributed by atoms with Crippen LogP contribution in [-0.4, -0.2) is 18.0 Å². The lowest BCUT2D eigenvalue weighted by Gasteiger charge is -2.15. The number of carbonyl (C=O) groups excluding carboxylic acids is 2. The molecular weight excluding hydrogens is 437 g/mol. The summed E-state index contributed by atoms with van der Waals surface area (Å²) < 4.78 is 10.9. The molecule has 5 nitrogen and oxygen atoms in total. The Hall–Kier alpha value is -3.02. The molecule has 1 unspecified atom stereocenters. The van der Waals surface area contributed by atoms with Gasteiger partial charge in [0.05, 0.1) is 0 Å². The summed E-state index contributed by atoms with van der Waals surface area (Å²) in [6.07, 6.45) is -0.820. The maximum absolute atomic E-state index is 12.5. The van der Waals surface area contributed by atoms with E-state index in [9.17, 15) is 9.59 Å². The predicted octanol–water partition coefficient (Wildman–Crippen LogP) is 6.06. The van der Waals surface area contributed by atoms with Crippen molar-refractivity contribution in [2.75, 3.05) is 5.32 Å². The average molecular weight is 458 g/mol. The number of hydrogen-bond donors (Lipinski definition) is 1. The minimum absolute atomic E-state index is 0.0649. The topological polar surface area (TPSA) is 64.6 Å². The van der Waals surface area contributed by atoms with E-state index >= 15 is 0 Å². The van der Waals surface area contributed by atoms with E-state index in [2.05, 4.69) is 5.32 Å². The molecule has 0 bridgehead atoms. The number of esters is 1. The molecular formula is C24H21Cl2NO4. The van der Waals surface area contributed by atoms with Crippen molar-refractivity contribution in [2.24, 2.45) is 0 Å². The van der Waals surface area contributed by atoms with Crippen LogP contribution < -0.4 is 10.1 Å². The van der Waals surface area contributed by atoms with Gasteiger partial charge < -0.3 is 14.8 Å². The second-order valence-corrected chi connectivity index (χ2v) is 7.74. The summed E-state index contributed by atoms with van der Waals surface area (Å²) in [5.41, 5.74) is 2.72. The number of rotatable bonds is 7. The highest BCUT2D eigenvalue weighted by molar-refractivity contribution is 6.31. The van der Waals surface area contributed by atoms with Crippen LogP contribution in [-0.2, 0) is 16.1 Å². The van der Waals surface area contributed by atoms with Crippen molar-refractivity contribution in [3.8, 4) is 5.75 Å². The normalized spacial score (nSPS) is 11.5. The van der Waals surface area contributed by atoms with Crippen molar-refractivity contribution < 1.29 is 19.1 Å². The number of carbonyl (C=O) groups is 2. The summed E-state index contributed by atoms with van der Waals surface area (Å²) in [6, 6.07) is 18.9. The molecule has 0 saturated carbocycles. The molecule has 0 radical (unpaired) electrons. The summed E-state index contributed by atoms with van der Waals surface area (Å²) in [5.74, 6) is -0.328. The fourth-order valence-electron chi connectivity index (χ4n) is 2.78. The standard InChI is InChI=1S/C24H21Cl2NO4/c1-15-13-19(25)9-12-22(15)27-23(28)17-7-10-20(11-8-17)31-16(2)24(29)30-14-18-5-3-4-6-21(18)26/h3-13,16H,14H2,1-2H3,(H,27,28). The van der Waals surface area contributed by atoms with Crippen molar-refractivity contribution in [2.45, 2.75) is 26.6 Å². The van der Waals surface area contributed by atoms with Crippen LogP contribution in [0.3, 0.4) is 0 Å². The fraction of sp³-hybridized carbons (Fsp3) is 0.167. The maximum atomic E-state index is 12.5. The Morgan fingerprint density at radius 1 is 1.00 bits per heavy atom. The Kier molecular flexibility index (Phi) is 7.55. The largest absolute Gasteiger partial charge is 0.479 e. The molecule has 1 amide bonds. The van der Waals surface area contributed by atoms with Gasteiger partial charge in [-0.3, -0.25) is 4.79 Å². The van der Waals surface area contributed by atoms with Crippen molar-refractivity contribution in [1.29, 1.82) is 0 Å². The Balaban J connectivity index is 1.55. The first-order valence-corrected chi connectivity index (χ1v) is 10.3. The zero-order valence-electron chi connectivity index (χ0n) is 17.0. The molecule has 0 aliphatic carbocycles. The number of aryl methyl sites for hydroxylation is 1. The molecule has 3 rings (SSSR count). The minimum atomic E-state index is -0.820. The first-order valence-electron chi connectivity index (χ1n) is 9.58. The van der Waals surface area contributed by atoms with Crippen LogP contribution >= 0.6 is 23.2 Å². The Labute approximate surface area is 190 Å². The van der Waals surface area contributed by atoms with Gasteiger partial charge in [-0.2, -0.15) is 0 Å². The lowest BCUT2D eigenvalue weighted by Crippen LogP contribution is -2.26. The first-order chi connectivity index (χ1) is 14.8. The molecule has 0 aliphatic rings. The molecule has 160 valence electrons. The highest BCUT2D eigenvalue weighted by Crippen LogP contribution is 2.21. The Morgan fingerprint density at radius 3 is 2.39 bits per heavy atom. The smallest absolute Gasteiger partial charge is 0.347 e. The van der Waals surface area contributed by atoms with E-state index in [1.165, 1.54) is 0 Å². The molecule has 0 heterocycles. The van der Waals surface area contributed by atoms with E-state index in [0.717, 1.165) is 11.1 Å². The van der Waals surface area contributed by atoms with Gasteiger partial charge in [0.2, 0.25) is 0 Å². The molecule has 0 saturated heterocycles. The zero-order chi connectivity index (χ0) is 22.4. The third kappa shape index (κ3) is 6.23. The molecule has 3 aromatic carbocycles. The second-order valence-electron chi connectivity index (χ2n) is 6.90. The molecule has 3 aromatic rings. The van der Waals surface area contributed by atoms with Gasteiger partial charge >= 0.3 is 5.97 Å². The highest BCUT2D eigenvalue weighted by atomic mass is 35.5. The molecule has 0 fully saturated rings. The van der Waals surface area contributed by atoms with E-state index in [0.29, 0.717) is 27.0 Å². The van der Waals surface area contributed by atoms with Gasteiger partial charge in [-0.25, -0.2) is 4.79 Å². The molecule has 1 N–H and O–H groups in total. The lowest BCUT2D eigenvalue weighted by atomic mass is 10.1. The zero-order valence-corrected chi connectivity index (χ0v) is 18.5. The third-order valence-corrected chi connectivity index (χ3v) is 5.13. The predicted molar refractivity (Wildman–Crippen MR) is 122 cm³/mol. The first kappa shape index (κ1) is 22.7. The van der Waals surface area contributed by atoms with Gasteiger partial charge in [0, 0.05) is 26.9 Å². The molecule has 1 atom stereocenters. The number of hydrogen-bond acceptors (Lipinski definition) is 4. The monoisotopic (exact) mass is 457 g/mol. The van der Waals surface area contributed by atoms with Crippen LogP contribution in [0.25, 0.3) is 0 Å². The lowest BCUT2D eigenvalue weighted by molar-refractivity contribution is -0.152. The van der Waals surface area contributed by atoms with E-state index in [-0.39, 0.29) is 12.5 Å². The Morgan fingerprint density at radius 2 is 1.71 bits per heavy atom. The van der Waals surface area contributed by atoms with E-state index in [1.807, 2.05) is 13.0 Å². The number of benzene rings is 3. The number of amides is 1. The van der Waals surface area contributed by atoms with Crippen molar-refractivity contribution in [3.63, 3.8) is 0 Å². The van der Waals surface area contributed by atoms with Crippen molar-refractivity contribution >= 4 is 40.8 Å². The summed E-state index contributed by atoms with van der Waals surface area (Å²) in [4.78, 5) is 24.7. The van der Waals surface area contributed by atoms with Crippen LogP contribution in [0.4, 0.5) is 5.69 Å². The van der Waals surface area contributed by atoms with Gasteiger partial charge in [0.15, 0.2) is 6.10 Å². The van der Waals surface area contributed by atoms with E-state index in [4.69, 9.17) is 32.7 Å². The van der Waals surface area contributed by atoms with E-state index < -0.39 is 12.1 Å². The van der Waals surface area contributed by atoms with Gasteiger partial charge in [0.1, 0.15) is 12.4 Å². The number of ether oxygens (including phenoxy) is 2. The summed E-state index contributed by atoms with van der Waals surface area (Å²) in [5, 5.41) is 3.99. The number of halogens is 2. The van der Waals surface area contributed by atoms with Crippen LogP contribution in [0.1, 0.15) is 28.4 Å². The summed E-state index contributed by atoms with van der Waals surface area (Å²) >= 11 is 12.0. The molecule has 0 spiro atoms. The van der Waals surface area contributed by atoms with Crippen LogP contribution in [0.2, 0.25) is 10.0 Å². The number of nitrogens with one attached hydrogen (secondary N) is 1. The molecule has 31 heavy (non-hydrogen) atoms. The SMILES string of the molecule is Cc1cc(Cl)ccc1NC(=O)c1ccc(OC(C)C(=O)OCc2ccccc2Cl)cc1. The van der Waals surface area contributed by atoms with Crippen LogP contribution in [0, 0.1) is 6.92 Å². The molecule has 0 aromatic heterocycles. The van der Waals surface area contributed by atoms with Crippen molar-refractivity contribution in [1.82, 2.24) is 0 Å². The second kappa shape index (κ2) is 10.3. The number of anilines is 1. The summed E-state index contributed by atoms with van der Waals surface area (Å²) in [7, 11) is 0. The quantitative estimate of drug-likeness (QED) is 0.437. The van der Waals surface area contributed by atoms with Crippen LogP contribution in [0.15, 0.2) is 66.7 Å². The Bertz CT molecular complexity index is 1080. The van der Waals surface area contributed by atoms with Crippen molar-refractivity contribution in [3.05, 3.63) is 93.5 Å². The summed E-state index contributed by atoms with van der Waals surface area (Å²) in [6.45, 7) is 3.53. The van der Waals surface area contributed by atoms with Crippen LogP contribution in [0.5, 0.6) is 5.75 Å². The third-order valence-electron chi connectivity index (χ3n) is 4.53. The minimum Gasteiger partial charge on any atom is -0.479 e. The highest BCUT2D eigenvalue weighted by Gasteiger charge is 2.17. The average Bonchev–Trinajstić information content (AvgIpc) is 2.75. The molecule has 0 aliphatic heterocycles. The van der Waals surface area contributed by atoms with Gasteiger partial charge in [0.25, 0.3) is 5.91 Å². The molecule has 7 heteroatoms. The maximum Gasteiger partial charge on any atom is 0.347 e.